The van der Waals surface area contributed by atoms with Gasteiger partial charge in [-0.25, -0.2) is 13.2 Å². The van der Waals surface area contributed by atoms with Gasteiger partial charge in [0.05, 0.1) is 10.7 Å². The van der Waals surface area contributed by atoms with Gasteiger partial charge >= 0.3 is 5.97 Å². The minimum atomic E-state index is -3.85. The van der Waals surface area contributed by atoms with Crippen molar-refractivity contribution in [3.8, 4) is 12.1 Å². The number of allylic oxidation sites excluding steroid dienone is 2. The molecule has 0 aromatic rings. The van der Waals surface area contributed by atoms with Crippen LogP contribution in [0.2, 0.25) is 0 Å². The van der Waals surface area contributed by atoms with Crippen LogP contribution in [0.25, 0.3) is 0 Å². The molecule has 1 aliphatic carbocycles. The lowest BCUT2D eigenvalue weighted by Crippen LogP contribution is -2.38. The van der Waals surface area contributed by atoms with Gasteiger partial charge in [-0.05, 0) is 24.7 Å². The number of carbonyl (C=O) groups is 1. The Bertz CT molecular complexity index is 754. The number of hydrogen-bond donors (Lipinski definition) is 1. The Morgan fingerprint density at radius 1 is 1.08 bits per heavy atom. The minimum absolute atomic E-state index is 0.0780. The average molecular weight is 348 g/mol. The molecule has 2 aliphatic rings. The van der Waals surface area contributed by atoms with Crippen molar-refractivity contribution in [3.63, 3.8) is 0 Å². The number of nitriles is 2. The first kappa shape index (κ1) is 18.2. The van der Waals surface area contributed by atoms with Crippen molar-refractivity contribution in [1.29, 1.82) is 10.5 Å². The highest BCUT2D eigenvalue weighted by Gasteiger charge is 2.44. The normalized spacial score (nSPS) is 24.4. The van der Waals surface area contributed by atoms with Crippen LogP contribution in [0, 0.1) is 28.1 Å². The van der Waals surface area contributed by atoms with Crippen molar-refractivity contribution < 1.29 is 18.3 Å². The molecule has 0 amide bonds. The van der Waals surface area contributed by atoms with Crippen LogP contribution in [0.5, 0.6) is 0 Å². The van der Waals surface area contributed by atoms with Crippen molar-refractivity contribution >= 4 is 15.8 Å². The molecule has 1 aliphatic heterocycles. The molecule has 1 saturated heterocycles. The van der Waals surface area contributed by atoms with Crippen LogP contribution in [0.1, 0.15) is 51.4 Å². The standard InChI is InChI=1S/C17H20N2O4S/c18-10-13(11-19)14-9-17(6-4-2-1-3-5-7-17)12-24(22,23)15(14)8-16(20)21/h8H,1-7,9,12H2,(H,20,21)/b15-8-. The van der Waals surface area contributed by atoms with Gasteiger partial charge in [-0.3, -0.25) is 0 Å². The first-order valence-corrected chi connectivity index (χ1v) is 9.70. The van der Waals surface area contributed by atoms with E-state index in [1.54, 1.807) is 12.1 Å². The topological polar surface area (TPSA) is 119 Å². The molecule has 6 nitrogen and oxygen atoms in total. The third-order valence-corrected chi connectivity index (χ3v) is 6.90. The second-order valence-electron chi connectivity index (χ2n) is 6.63. The van der Waals surface area contributed by atoms with Gasteiger partial charge in [0.1, 0.15) is 17.7 Å². The first-order chi connectivity index (χ1) is 11.3. The molecule has 0 bridgehead atoms. The Hall–Kier alpha value is -2.12. The number of carboxylic acid groups (broad SMARTS) is 1. The van der Waals surface area contributed by atoms with Crippen LogP contribution in [-0.4, -0.2) is 25.2 Å². The molecule has 0 atom stereocenters. The lowest BCUT2D eigenvalue weighted by Gasteiger charge is -2.40. The predicted molar refractivity (Wildman–Crippen MR) is 87.1 cm³/mol. The highest BCUT2D eigenvalue weighted by Crippen LogP contribution is 2.48. The van der Waals surface area contributed by atoms with E-state index in [0.717, 1.165) is 44.9 Å². The number of hydrogen-bond acceptors (Lipinski definition) is 5. The van der Waals surface area contributed by atoms with Crippen LogP contribution in [-0.2, 0) is 14.6 Å². The number of sulfone groups is 1. The number of rotatable bonds is 1. The summed E-state index contributed by atoms with van der Waals surface area (Å²) in [5, 5.41) is 27.4. The number of aliphatic carboxylic acids is 1. The smallest absolute Gasteiger partial charge is 0.329 e. The van der Waals surface area contributed by atoms with Gasteiger partial charge in [-0.1, -0.05) is 32.1 Å². The van der Waals surface area contributed by atoms with Gasteiger partial charge < -0.3 is 5.11 Å². The SMILES string of the molecule is N#CC(C#N)=C1CC2(CCCCCCC2)CS(=O)(=O)/C1=C\C(=O)O. The number of carboxylic acids is 1. The maximum absolute atomic E-state index is 12.8. The van der Waals surface area contributed by atoms with Gasteiger partial charge in [0.2, 0.25) is 0 Å². The molecular weight excluding hydrogens is 328 g/mol. The maximum atomic E-state index is 12.8. The van der Waals surface area contributed by atoms with Crippen molar-refractivity contribution in [1.82, 2.24) is 0 Å². The molecular formula is C17H20N2O4S. The second-order valence-corrected chi connectivity index (χ2v) is 8.59. The summed E-state index contributed by atoms with van der Waals surface area (Å²) in [5.41, 5.74) is -0.718. The monoisotopic (exact) mass is 348 g/mol. The van der Waals surface area contributed by atoms with Crippen molar-refractivity contribution in [2.24, 2.45) is 5.41 Å². The molecule has 2 fully saturated rings. The molecule has 0 radical (unpaired) electrons. The molecule has 1 heterocycles. The molecule has 7 heteroatoms. The van der Waals surface area contributed by atoms with Crippen LogP contribution >= 0.6 is 0 Å². The predicted octanol–water partition coefficient (Wildman–Crippen LogP) is 2.85. The van der Waals surface area contributed by atoms with E-state index in [1.807, 2.05) is 0 Å². The zero-order valence-electron chi connectivity index (χ0n) is 13.4. The van der Waals surface area contributed by atoms with E-state index < -0.39 is 21.2 Å². The molecule has 0 aromatic heterocycles. The summed E-state index contributed by atoms with van der Waals surface area (Å²) in [6, 6.07) is 3.47. The van der Waals surface area contributed by atoms with Crippen molar-refractivity contribution in [2.45, 2.75) is 51.4 Å². The third-order valence-electron chi connectivity index (χ3n) is 4.87. The van der Waals surface area contributed by atoms with Gasteiger partial charge in [-0.15, -0.1) is 0 Å². The highest BCUT2D eigenvalue weighted by molar-refractivity contribution is 7.95. The van der Waals surface area contributed by atoms with Crippen LogP contribution in [0.15, 0.2) is 22.1 Å². The fraction of sp³-hybridized carbons (Fsp3) is 0.588. The fourth-order valence-corrected chi connectivity index (χ4v) is 6.00. The van der Waals surface area contributed by atoms with E-state index in [0.29, 0.717) is 6.08 Å². The second kappa shape index (κ2) is 7.19. The van der Waals surface area contributed by atoms with Crippen LogP contribution < -0.4 is 0 Å². The zero-order chi connectivity index (χ0) is 17.8. The molecule has 0 unspecified atom stereocenters. The molecule has 1 N–H and O–H groups in total. The van der Waals surface area contributed by atoms with Crippen LogP contribution in [0.4, 0.5) is 0 Å². The van der Waals surface area contributed by atoms with Crippen LogP contribution in [0.3, 0.4) is 0 Å². The third kappa shape index (κ3) is 3.85. The average Bonchev–Trinajstić information content (AvgIpc) is 2.47. The summed E-state index contributed by atoms with van der Waals surface area (Å²) in [6.45, 7) is 0. The summed E-state index contributed by atoms with van der Waals surface area (Å²) in [7, 11) is -3.85. The van der Waals surface area contributed by atoms with E-state index in [9.17, 15) is 23.7 Å². The Morgan fingerprint density at radius 2 is 1.62 bits per heavy atom. The Balaban J connectivity index is 2.59. The summed E-state index contributed by atoms with van der Waals surface area (Å²) in [5.74, 6) is -1.50. The molecule has 128 valence electrons. The molecule has 1 spiro atoms. The van der Waals surface area contributed by atoms with Gasteiger partial charge in [0, 0.05) is 11.6 Å². The first-order valence-electron chi connectivity index (χ1n) is 8.05. The van der Waals surface area contributed by atoms with Crippen molar-refractivity contribution in [2.75, 3.05) is 5.75 Å². The quantitative estimate of drug-likeness (QED) is 0.575. The molecule has 2 rings (SSSR count). The lowest BCUT2D eigenvalue weighted by atomic mass is 9.72. The zero-order valence-corrected chi connectivity index (χ0v) is 14.2. The lowest BCUT2D eigenvalue weighted by molar-refractivity contribution is -0.131. The summed E-state index contributed by atoms with van der Waals surface area (Å²) >= 11 is 0. The van der Waals surface area contributed by atoms with Gasteiger partial charge in [-0.2, -0.15) is 10.5 Å². The van der Waals surface area contributed by atoms with E-state index in [4.69, 9.17) is 5.11 Å². The van der Waals surface area contributed by atoms with Gasteiger partial charge in [0.15, 0.2) is 9.84 Å². The Morgan fingerprint density at radius 3 is 2.12 bits per heavy atom. The summed E-state index contributed by atoms with van der Waals surface area (Å²) in [6.07, 6.45) is 7.39. The molecule has 24 heavy (non-hydrogen) atoms. The minimum Gasteiger partial charge on any atom is -0.478 e. The highest BCUT2D eigenvalue weighted by atomic mass is 32.2. The summed E-state index contributed by atoms with van der Waals surface area (Å²) in [4.78, 5) is 10.7. The van der Waals surface area contributed by atoms with E-state index in [1.165, 1.54) is 0 Å². The number of nitrogens with zero attached hydrogens (tertiary/aromatic N) is 2. The maximum Gasteiger partial charge on any atom is 0.329 e. The van der Waals surface area contributed by atoms with E-state index in [-0.39, 0.29) is 28.2 Å². The Labute approximate surface area is 142 Å². The molecule has 1 saturated carbocycles. The molecule has 0 aromatic carbocycles. The fourth-order valence-electron chi connectivity index (χ4n) is 3.82. The van der Waals surface area contributed by atoms with Crippen molar-refractivity contribution in [3.05, 3.63) is 22.1 Å². The Kier molecular flexibility index (Phi) is 5.46. The summed E-state index contributed by atoms with van der Waals surface area (Å²) < 4.78 is 25.5. The largest absolute Gasteiger partial charge is 0.478 e. The van der Waals surface area contributed by atoms with E-state index in [2.05, 4.69) is 0 Å². The van der Waals surface area contributed by atoms with Gasteiger partial charge in [0.25, 0.3) is 0 Å². The van der Waals surface area contributed by atoms with E-state index >= 15 is 0 Å².